The third-order valence-corrected chi connectivity index (χ3v) is 5.29. The first-order chi connectivity index (χ1) is 13.4. The monoisotopic (exact) mass is 385 g/mol. The summed E-state index contributed by atoms with van der Waals surface area (Å²) < 4.78 is 12.1. The smallest absolute Gasteiger partial charge is 0.325 e. The van der Waals surface area contributed by atoms with Gasteiger partial charge >= 0.3 is 5.69 Å². The van der Waals surface area contributed by atoms with Crippen LogP contribution in [0.4, 0.5) is 5.69 Å². The van der Waals surface area contributed by atoms with Gasteiger partial charge in [-0.1, -0.05) is 6.42 Å². The van der Waals surface area contributed by atoms with E-state index in [0.717, 1.165) is 25.7 Å². The van der Waals surface area contributed by atoms with Crippen LogP contribution in [0.1, 0.15) is 49.8 Å². The molecule has 0 saturated heterocycles. The maximum absolute atomic E-state index is 12.3. The van der Waals surface area contributed by atoms with Crippen LogP contribution in [-0.4, -0.2) is 21.7 Å². The SMILES string of the molecule is Cc1[nH]c(=O)[nH]c(=O)c1CCC(=O)Nc1ccc2c(c1)OC1(CCCCC1)O2. The van der Waals surface area contributed by atoms with Gasteiger partial charge in [0.05, 0.1) is 0 Å². The number of nitrogens with one attached hydrogen (secondary N) is 3. The van der Waals surface area contributed by atoms with Crippen molar-refractivity contribution in [2.45, 2.75) is 57.7 Å². The quantitative estimate of drug-likeness (QED) is 0.748. The van der Waals surface area contributed by atoms with Crippen LogP contribution in [0.25, 0.3) is 0 Å². The molecule has 1 spiro atoms. The highest BCUT2D eigenvalue weighted by atomic mass is 16.7. The van der Waals surface area contributed by atoms with Crippen LogP contribution >= 0.6 is 0 Å². The van der Waals surface area contributed by atoms with E-state index in [1.54, 1.807) is 19.1 Å². The van der Waals surface area contributed by atoms with Gasteiger partial charge in [0.25, 0.3) is 11.3 Å². The highest BCUT2D eigenvalue weighted by Crippen LogP contribution is 2.46. The number of rotatable bonds is 4. The topological polar surface area (TPSA) is 113 Å². The van der Waals surface area contributed by atoms with Crippen molar-refractivity contribution in [3.63, 3.8) is 0 Å². The predicted octanol–water partition coefficient (Wildman–Crippen LogP) is 2.37. The minimum Gasteiger partial charge on any atom is -0.448 e. The van der Waals surface area contributed by atoms with Gasteiger partial charge in [0.15, 0.2) is 11.5 Å². The molecule has 1 aliphatic heterocycles. The standard InChI is InChI=1S/C20H23N3O5/c1-12-14(18(25)23-19(26)21-12)6-8-17(24)22-13-5-7-15-16(11-13)28-20(27-15)9-3-2-4-10-20/h5,7,11H,2-4,6,8-10H2,1H3,(H,22,24)(H2,21,23,25,26). The minimum atomic E-state index is -0.550. The average Bonchev–Trinajstić information content (AvgIpc) is 2.97. The minimum absolute atomic E-state index is 0.119. The third-order valence-electron chi connectivity index (χ3n) is 5.29. The molecule has 1 fully saturated rings. The molecular formula is C20H23N3O5. The number of aromatic amines is 2. The van der Waals surface area contributed by atoms with Crippen molar-refractivity contribution in [1.29, 1.82) is 0 Å². The van der Waals surface area contributed by atoms with E-state index in [4.69, 9.17) is 9.47 Å². The summed E-state index contributed by atoms with van der Waals surface area (Å²) in [4.78, 5) is 40.1. The number of fused-ring (bicyclic) bond motifs is 1. The van der Waals surface area contributed by atoms with Crippen LogP contribution in [0.5, 0.6) is 11.5 Å². The molecule has 2 heterocycles. The van der Waals surface area contributed by atoms with Crippen molar-refractivity contribution in [2.24, 2.45) is 0 Å². The number of amides is 1. The Labute approximate surface area is 161 Å². The van der Waals surface area contributed by atoms with E-state index in [-0.39, 0.29) is 18.7 Å². The number of hydrogen-bond donors (Lipinski definition) is 3. The fourth-order valence-electron chi connectivity index (χ4n) is 3.85. The molecule has 1 aromatic heterocycles. The number of hydrogen-bond acceptors (Lipinski definition) is 5. The van der Waals surface area contributed by atoms with Crippen molar-refractivity contribution in [1.82, 2.24) is 9.97 Å². The molecule has 0 bridgehead atoms. The highest BCUT2D eigenvalue weighted by Gasteiger charge is 2.42. The van der Waals surface area contributed by atoms with Gasteiger partial charge in [0, 0.05) is 42.3 Å². The number of aryl methyl sites for hydroxylation is 1. The van der Waals surface area contributed by atoms with Crippen molar-refractivity contribution < 1.29 is 14.3 Å². The molecular weight excluding hydrogens is 362 g/mol. The maximum Gasteiger partial charge on any atom is 0.325 e. The second-order valence-corrected chi connectivity index (χ2v) is 7.40. The summed E-state index contributed by atoms with van der Waals surface area (Å²) in [5.41, 5.74) is 0.483. The van der Waals surface area contributed by atoms with Gasteiger partial charge in [0.2, 0.25) is 5.91 Å². The molecule has 1 saturated carbocycles. The molecule has 28 heavy (non-hydrogen) atoms. The summed E-state index contributed by atoms with van der Waals surface area (Å²) in [7, 11) is 0. The van der Waals surface area contributed by atoms with Gasteiger partial charge < -0.3 is 19.8 Å². The molecule has 2 aromatic rings. The lowest BCUT2D eigenvalue weighted by molar-refractivity contribution is -0.116. The Morgan fingerprint density at radius 3 is 2.61 bits per heavy atom. The summed E-state index contributed by atoms with van der Waals surface area (Å²) in [6, 6.07) is 5.36. The van der Waals surface area contributed by atoms with E-state index in [0.29, 0.717) is 28.4 Å². The molecule has 1 aromatic carbocycles. The van der Waals surface area contributed by atoms with Crippen molar-refractivity contribution in [3.05, 3.63) is 50.3 Å². The normalized spacial score (nSPS) is 16.9. The van der Waals surface area contributed by atoms with Crippen LogP contribution in [0, 0.1) is 6.92 Å². The molecule has 3 N–H and O–H groups in total. The van der Waals surface area contributed by atoms with Crippen LogP contribution in [0.2, 0.25) is 0 Å². The Hall–Kier alpha value is -3.03. The molecule has 8 heteroatoms. The summed E-state index contributed by atoms with van der Waals surface area (Å²) in [5.74, 6) is 0.575. The largest absolute Gasteiger partial charge is 0.448 e. The van der Waals surface area contributed by atoms with Crippen molar-refractivity contribution in [2.75, 3.05) is 5.32 Å². The number of ether oxygens (including phenoxy) is 2. The Bertz CT molecular complexity index is 1020. The number of benzene rings is 1. The summed E-state index contributed by atoms with van der Waals surface area (Å²) in [6.45, 7) is 1.64. The second-order valence-electron chi connectivity index (χ2n) is 7.40. The molecule has 148 valence electrons. The lowest BCUT2D eigenvalue weighted by Crippen LogP contribution is -2.40. The molecule has 0 unspecified atom stereocenters. The number of H-pyrrole nitrogens is 2. The number of aromatic nitrogens is 2. The highest BCUT2D eigenvalue weighted by molar-refractivity contribution is 5.91. The molecule has 8 nitrogen and oxygen atoms in total. The van der Waals surface area contributed by atoms with Crippen LogP contribution in [0.15, 0.2) is 27.8 Å². The van der Waals surface area contributed by atoms with Crippen LogP contribution in [0.3, 0.4) is 0 Å². The molecule has 1 aliphatic carbocycles. The first kappa shape index (κ1) is 18.3. The lowest BCUT2D eigenvalue weighted by Gasteiger charge is -2.31. The second kappa shape index (κ2) is 7.18. The van der Waals surface area contributed by atoms with E-state index < -0.39 is 17.0 Å². The van der Waals surface area contributed by atoms with E-state index >= 15 is 0 Å². The van der Waals surface area contributed by atoms with Crippen molar-refractivity contribution in [3.8, 4) is 11.5 Å². The van der Waals surface area contributed by atoms with Gasteiger partial charge in [-0.25, -0.2) is 4.79 Å². The Balaban J connectivity index is 1.39. The Morgan fingerprint density at radius 1 is 1.11 bits per heavy atom. The van der Waals surface area contributed by atoms with Crippen LogP contribution < -0.4 is 26.0 Å². The van der Waals surface area contributed by atoms with Crippen LogP contribution in [-0.2, 0) is 11.2 Å². The Morgan fingerprint density at radius 2 is 1.86 bits per heavy atom. The van der Waals surface area contributed by atoms with E-state index in [9.17, 15) is 14.4 Å². The van der Waals surface area contributed by atoms with Gasteiger partial charge in [-0.2, -0.15) is 0 Å². The first-order valence-electron chi connectivity index (χ1n) is 9.58. The number of carbonyl (C=O) groups is 1. The molecule has 0 atom stereocenters. The predicted molar refractivity (Wildman–Crippen MR) is 103 cm³/mol. The zero-order valence-corrected chi connectivity index (χ0v) is 15.7. The fourth-order valence-corrected chi connectivity index (χ4v) is 3.85. The van der Waals surface area contributed by atoms with Gasteiger partial charge in [-0.05, 0) is 38.3 Å². The zero-order valence-electron chi connectivity index (χ0n) is 15.7. The molecule has 1 amide bonds. The van der Waals surface area contributed by atoms with Gasteiger partial charge in [0.1, 0.15) is 0 Å². The maximum atomic E-state index is 12.3. The first-order valence-corrected chi connectivity index (χ1v) is 9.58. The molecule has 0 radical (unpaired) electrons. The summed E-state index contributed by atoms with van der Waals surface area (Å²) in [5, 5.41) is 2.82. The average molecular weight is 385 g/mol. The summed E-state index contributed by atoms with van der Waals surface area (Å²) >= 11 is 0. The number of carbonyl (C=O) groups excluding carboxylic acids is 1. The zero-order chi connectivity index (χ0) is 19.7. The van der Waals surface area contributed by atoms with E-state index in [1.165, 1.54) is 6.42 Å². The Kier molecular flexibility index (Phi) is 4.70. The van der Waals surface area contributed by atoms with Crippen molar-refractivity contribution >= 4 is 11.6 Å². The van der Waals surface area contributed by atoms with E-state index in [1.807, 2.05) is 6.07 Å². The van der Waals surface area contributed by atoms with E-state index in [2.05, 4.69) is 15.3 Å². The molecule has 4 rings (SSSR count). The van der Waals surface area contributed by atoms with Gasteiger partial charge in [-0.3, -0.25) is 14.6 Å². The fraction of sp³-hybridized carbons (Fsp3) is 0.450. The summed E-state index contributed by atoms with van der Waals surface area (Å²) in [6.07, 6.45) is 5.46. The number of anilines is 1. The molecule has 2 aliphatic rings. The lowest BCUT2D eigenvalue weighted by atomic mass is 9.94. The van der Waals surface area contributed by atoms with Gasteiger partial charge in [-0.15, -0.1) is 0 Å². The third kappa shape index (κ3) is 3.67.